The molecule has 1 aliphatic carbocycles. The lowest BCUT2D eigenvalue weighted by atomic mass is 10.3. The summed E-state index contributed by atoms with van der Waals surface area (Å²) in [6.07, 6.45) is 3.79. The van der Waals surface area contributed by atoms with E-state index < -0.39 is 5.97 Å². The van der Waals surface area contributed by atoms with Crippen molar-refractivity contribution in [3.63, 3.8) is 0 Å². The zero-order valence-electron chi connectivity index (χ0n) is 9.39. The van der Waals surface area contributed by atoms with Crippen LogP contribution in [0, 0.1) is 0 Å². The second-order valence-corrected chi connectivity index (χ2v) is 5.17. The predicted octanol–water partition coefficient (Wildman–Crippen LogP) is 1.25. The molecule has 94 valence electrons. The van der Waals surface area contributed by atoms with Crippen LogP contribution in [-0.4, -0.2) is 31.6 Å². The average Bonchev–Trinajstić information content (AvgIpc) is 3.03. The molecule has 6 nitrogen and oxygen atoms in total. The number of unbranched alkanes of at least 4 members (excludes halogenated alkanes) is 1. The molecular weight excluding hydrogens is 242 g/mol. The minimum Gasteiger partial charge on any atom is -0.481 e. The molecule has 2 N–H and O–H groups in total. The number of hydrogen-bond acceptors (Lipinski definition) is 4. The number of aliphatic carboxylic acids is 1. The number of hydrogen-bond donors (Lipinski definition) is 2. The number of carboxylic acids is 1. The fourth-order valence-electron chi connectivity index (χ4n) is 1.59. The molecule has 0 atom stereocenters. The van der Waals surface area contributed by atoms with Crippen LogP contribution in [0.5, 0.6) is 0 Å². The second kappa shape index (κ2) is 5.39. The largest absolute Gasteiger partial charge is 0.481 e. The lowest BCUT2D eigenvalue weighted by Crippen LogP contribution is -2.16. The van der Waals surface area contributed by atoms with Crippen molar-refractivity contribution in [3.8, 4) is 0 Å². The topological polar surface area (TPSA) is 88.0 Å². The van der Waals surface area contributed by atoms with Crippen LogP contribution in [0.15, 0.2) is 9.95 Å². The van der Waals surface area contributed by atoms with Gasteiger partial charge in [-0.1, -0.05) is 11.8 Å². The van der Waals surface area contributed by atoms with Gasteiger partial charge in [-0.3, -0.25) is 9.36 Å². The van der Waals surface area contributed by atoms with Gasteiger partial charge in [-0.05, 0) is 25.7 Å². The normalized spacial score (nSPS) is 15.1. The molecule has 0 saturated heterocycles. The van der Waals surface area contributed by atoms with E-state index in [0.717, 1.165) is 30.2 Å². The summed E-state index contributed by atoms with van der Waals surface area (Å²) < 4.78 is 1.71. The van der Waals surface area contributed by atoms with Crippen LogP contribution in [-0.2, 0) is 4.79 Å². The van der Waals surface area contributed by atoms with Crippen molar-refractivity contribution in [2.45, 2.75) is 43.3 Å². The van der Waals surface area contributed by atoms with E-state index in [-0.39, 0.29) is 12.1 Å². The zero-order valence-corrected chi connectivity index (χ0v) is 10.2. The molecule has 0 amide bonds. The van der Waals surface area contributed by atoms with E-state index in [1.807, 2.05) is 0 Å². The number of nitrogens with one attached hydrogen (secondary N) is 1. The molecule has 0 spiro atoms. The van der Waals surface area contributed by atoms with Gasteiger partial charge < -0.3 is 5.11 Å². The van der Waals surface area contributed by atoms with Crippen LogP contribution in [0.4, 0.5) is 0 Å². The summed E-state index contributed by atoms with van der Waals surface area (Å²) >= 11 is 1.52. The van der Waals surface area contributed by atoms with Crippen molar-refractivity contribution in [2.75, 3.05) is 5.75 Å². The van der Waals surface area contributed by atoms with Gasteiger partial charge in [-0.15, -0.1) is 5.10 Å². The molecule has 1 heterocycles. The standard InChI is InChI=1S/C10H15N3O3S/c14-8(15)3-1-2-6-17-10-12-11-9(16)13(10)7-4-5-7/h7H,1-6H2,(H,11,16)(H,14,15). The fraction of sp³-hybridized carbons (Fsp3) is 0.700. The first-order chi connectivity index (χ1) is 8.18. The van der Waals surface area contributed by atoms with Gasteiger partial charge >= 0.3 is 11.7 Å². The highest BCUT2D eigenvalue weighted by atomic mass is 32.2. The van der Waals surface area contributed by atoms with Crippen molar-refractivity contribution in [1.82, 2.24) is 14.8 Å². The predicted molar refractivity (Wildman–Crippen MR) is 63.3 cm³/mol. The SMILES string of the molecule is O=C(O)CCCCSc1n[nH]c(=O)n1C1CC1. The molecule has 0 bridgehead atoms. The van der Waals surface area contributed by atoms with Crippen LogP contribution in [0.25, 0.3) is 0 Å². The highest BCUT2D eigenvalue weighted by Gasteiger charge is 2.28. The lowest BCUT2D eigenvalue weighted by Gasteiger charge is -2.02. The number of carboxylic acid groups (broad SMARTS) is 1. The van der Waals surface area contributed by atoms with E-state index in [1.54, 1.807) is 4.57 Å². The maximum atomic E-state index is 11.5. The number of nitrogens with zero attached hydrogens (tertiary/aromatic N) is 2. The third-order valence-electron chi connectivity index (χ3n) is 2.60. The van der Waals surface area contributed by atoms with Gasteiger partial charge in [-0.2, -0.15) is 0 Å². The maximum absolute atomic E-state index is 11.5. The van der Waals surface area contributed by atoms with Crippen molar-refractivity contribution >= 4 is 17.7 Å². The van der Waals surface area contributed by atoms with Crippen LogP contribution in [0.3, 0.4) is 0 Å². The second-order valence-electron chi connectivity index (χ2n) is 4.11. The number of thioether (sulfide) groups is 1. The molecule has 7 heteroatoms. The van der Waals surface area contributed by atoms with E-state index in [2.05, 4.69) is 10.2 Å². The van der Waals surface area contributed by atoms with Crippen LogP contribution in [0.1, 0.15) is 38.1 Å². The number of aromatic amines is 1. The van der Waals surface area contributed by atoms with Gasteiger partial charge in [0.15, 0.2) is 5.16 Å². The van der Waals surface area contributed by atoms with Gasteiger partial charge in [0.25, 0.3) is 0 Å². The average molecular weight is 257 g/mol. The highest BCUT2D eigenvalue weighted by Crippen LogP contribution is 2.36. The summed E-state index contributed by atoms with van der Waals surface area (Å²) in [6, 6.07) is 0.322. The van der Waals surface area contributed by atoms with Crippen molar-refractivity contribution in [1.29, 1.82) is 0 Å². The number of rotatable bonds is 7. The molecule has 0 unspecified atom stereocenters. The highest BCUT2D eigenvalue weighted by molar-refractivity contribution is 7.99. The van der Waals surface area contributed by atoms with Crippen molar-refractivity contribution in [2.24, 2.45) is 0 Å². The Bertz CT molecular complexity index is 450. The first-order valence-electron chi connectivity index (χ1n) is 5.70. The third-order valence-corrected chi connectivity index (χ3v) is 3.64. The van der Waals surface area contributed by atoms with Crippen molar-refractivity contribution < 1.29 is 9.90 Å². The summed E-state index contributed by atoms with van der Waals surface area (Å²) in [5.41, 5.74) is -0.138. The summed E-state index contributed by atoms with van der Waals surface area (Å²) in [6.45, 7) is 0. The Kier molecular flexibility index (Phi) is 3.88. The fourth-order valence-corrected chi connectivity index (χ4v) is 2.60. The molecule has 17 heavy (non-hydrogen) atoms. The quantitative estimate of drug-likeness (QED) is 0.567. The van der Waals surface area contributed by atoms with Crippen molar-refractivity contribution in [3.05, 3.63) is 10.5 Å². The Hall–Kier alpha value is -1.24. The number of aromatic nitrogens is 3. The Morgan fingerprint density at radius 1 is 1.53 bits per heavy atom. The van der Waals surface area contributed by atoms with E-state index >= 15 is 0 Å². The third kappa shape index (κ3) is 3.36. The van der Waals surface area contributed by atoms with Crippen LogP contribution < -0.4 is 5.69 Å². The van der Waals surface area contributed by atoms with Gasteiger partial charge in [0.1, 0.15) is 0 Å². The van der Waals surface area contributed by atoms with Gasteiger partial charge in [0, 0.05) is 18.2 Å². The Morgan fingerprint density at radius 3 is 2.94 bits per heavy atom. The van der Waals surface area contributed by atoms with E-state index in [4.69, 9.17) is 5.11 Å². The molecule has 1 saturated carbocycles. The minimum atomic E-state index is -0.760. The smallest absolute Gasteiger partial charge is 0.344 e. The minimum absolute atomic E-state index is 0.138. The molecule has 2 rings (SSSR count). The summed E-state index contributed by atoms with van der Waals surface area (Å²) in [7, 11) is 0. The molecular formula is C10H15N3O3S. The molecule has 1 aliphatic rings. The first-order valence-corrected chi connectivity index (χ1v) is 6.68. The van der Waals surface area contributed by atoms with Gasteiger partial charge in [-0.25, -0.2) is 9.89 Å². The van der Waals surface area contributed by atoms with Gasteiger partial charge in [0.05, 0.1) is 0 Å². The van der Waals surface area contributed by atoms with E-state index in [9.17, 15) is 9.59 Å². The molecule has 1 aromatic heterocycles. The number of carbonyl (C=O) groups is 1. The summed E-state index contributed by atoms with van der Waals surface area (Å²) in [5, 5.41) is 15.7. The molecule has 0 aliphatic heterocycles. The molecule has 0 radical (unpaired) electrons. The summed E-state index contributed by atoms with van der Waals surface area (Å²) in [5.74, 6) is 0.0364. The Labute approximate surface area is 102 Å². The van der Waals surface area contributed by atoms with Gasteiger partial charge in [0.2, 0.25) is 0 Å². The van der Waals surface area contributed by atoms with E-state index in [0.29, 0.717) is 12.5 Å². The summed E-state index contributed by atoms with van der Waals surface area (Å²) in [4.78, 5) is 21.8. The number of H-pyrrole nitrogens is 1. The van der Waals surface area contributed by atoms with Crippen LogP contribution >= 0.6 is 11.8 Å². The molecule has 1 fully saturated rings. The monoisotopic (exact) mass is 257 g/mol. The Balaban J connectivity index is 1.79. The molecule has 1 aromatic rings. The van der Waals surface area contributed by atoms with E-state index in [1.165, 1.54) is 11.8 Å². The first kappa shape index (κ1) is 12.2. The lowest BCUT2D eigenvalue weighted by molar-refractivity contribution is -0.137. The maximum Gasteiger partial charge on any atom is 0.344 e. The van der Waals surface area contributed by atoms with Crippen LogP contribution in [0.2, 0.25) is 0 Å². The Morgan fingerprint density at radius 2 is 2.29 bits per heavy atom. The molecule has 0 aromatic carbocycles. The zero-order chi connectivity index (χ0) is 12.3.